The van der Waals surface area contributed by atoms with Crippen LogP contribution in [0.3, 0.4) is 0 Å². The van der Waals surface area contributed by atoms with Gasteiger partial charge in [0.1, 0.15) is 0 Å². The summed E-state index contributed by atoms with van der Waals surface area (Å²) in [5, 5.41) is 12.5. The van der Waals surface area contributed by atoms with Gasteiger partial charge in [0.2, 0.25) is 5.91 Å². The Morgan fingerprint density at radius 3 is 2.79 bits per heavy atom. The van der Waals surface area contributed by atoms with Crippen molar-refractivity contribution in [3.63, 3.8) is 0 Å². The molecule has 3 unspecified atom stereocenters. The Morgan fingerprint density at radius 2 is 2.21 bits per heavy atom. The van der Waals surface area contributed by atoms with Crippen molar-refractivity contribution in [2.75, 3.05) is 13.1 Å². The van der Waals surface area contributed by atoms with Gasteiger partial charge in [-0.05, 0) is 39.0 Å². The van der Waals surface area contributed by atoms with Crippen molar-refractivity contribution in [1.29, 1.82) is 5.26 Å². The number of carbonyl (C=O) groups is 1. The first-order valence-electron chi connectivity index (χ1n) is 7.29. The van der Waals surface area contributed by atoms with E-state index in [1.165, 1.54) is 12.8 Å². The summed E-state index contributed by atoms with van der Waals surface area (Å²) >= 11 is 0. The Labute approximate surface area is 115 Å². The lowest BCUT2D eigenvalue weighted by Crippen LogP contribution is -2.47. The summed E-state index contributed by atoms with van der Waals surface area (Å²) < 4.78 is 0. The topological polar surface area (TPSA) is 82.2 Å². The Kier molecular flexibility index (Phi) is 4.78. The monoisotopic (exact) mass is 264 g/mol. The first-order valence-corrected chi connectivity index (χ1v) is 7.29. The van der Waals surface area contributed by atoms with Crippen molar-refractivity contribution in [2.24, 2.45) is 11.7 Å². The van der Waals surface area contributed by atoms with Gasteiger partial charge < -0.3 is 5.73 Å². The molecule has 2 aliphatic rings. The molecule has 19 heavy (non-hydrogen) atoms. The highest BCUT2D eigenvalue weighted by Gasteiger charge is 2.29. The summed E-state index contributed by atoms with van der Waals surface area (Å²) in [6, 6.07) is 3.31. The third-order valence-electron chi connectivity index (χ3n) is 4.29. The van der Waals surface area contributed by atoms with Gasteiger partial charge in [-0.1, -0.05) is 0 Å². The lowest BCUT2D eigenvalue weighted by atomic mass is 9.92. The number of nitrogens with two attached hydrogens (primary N) is 1. The van der Waals surface area contributed by atoms with Crippen LogP contribution in [0.25, 0.3) is 0 Å². The summed E-state index contributed by atoms with van der Waals surface area (Å²) in [5.74, 6) is -0.210. The SMILES string of the molecule is CC1CCC(C(N)=O)CN1CCC(C#N)NC1CC1. The molecule has 1 aliphatic carbocycles. The molecule has 5 nitrogen and oxygen atoms in total. The molecule has 1 saturated heterocycles. The van der Waals surface area contributed by atoms with Gasteiger partial charge in [0.05, 0.1) is 18.0 Å². The van der Waals surface area contributed by atoms with Gasteiger partial charge in [-0.25, -0.2) is 0 Å². The molecule has 5 heteroatoms. The predicted molar refractivity (Wildman–Crippen MR) is 73.1 cm³/mol. The van der Waals surface area contributed by atoms with Gasteiger partial charge in [0, 0.05) is 25.2 Å². The van der Waals surface area contributed by atoms with E-state index in [2.05, 4.69) is 23.2 Å². The number of nitriles is 1. The van der Waals surface area contributed by atoms with Gasteiger partial charge in [0.15, 0.2) is 0 Å². The molecule has 0 aromatic rings. The molecule has 1 saturated carbocycles. The Morgan fingerprint density at radius 1 is 1.47 bits per heavy atom. The number of hydrogen-bond donors (Lipinski definition) is 2. The summed E-state index contributed by atoms with van der Waals surface area (Å²) in [7, 11) is 0. The maximum Gasteiger partial charge on any atom is 0.221 e. The minimum atomic E-state index is -0.190. The van der Waals surface area contributed by atoms with E-state index in [-0.39, 0.29) is 17.9 Å². The zero-order valence-electron chi connectivity index (χ0n) is 11.6. The zero-order chi connectivity index (χ0) is 13.8. The number of rotatable bonds is 6. The van der Waals surface area contributed by atoms with E-state index >= 15 is 0 Å². The zero-order valence-corrected chi connectivity index (χ0v) is 11.6. The third kappa shape index (κ3) is 4.19. The summed E-state index contributed by atoms with van der Waals surface area (Å²) in [6.45, 7) is 3.80. The molecular formula is C14H24N4O. The van der Waals surface area contributed by atoms with E-state index in [1.807, 2.05) is 0 Å². The van der Waals surface area contributed by atoms with Crippen LogP contribution >= 0.6 is 0 Å². The molecule has 0 spiro atoms. The van der Waals surface area contributed by atoms with Crippen LogP contribution in [0.2, 0.25) is 0 Å². The molecule has 0 bridgehead atoms. The highest BCUT2D eigenvalue weighted by Crippen LogP contribution is 2.23. The lowest BCUT2D eigenvalue weighted by molar-refractivity contribution is -0.123. The van der Waals surface area contributed by atoms with Crippen molar-refractivity contribution in [3.8, 4) is 6.07 Å². The van der Waals surface area contributed by atoms with Gasteiger partial charge in [-0.2, -0.15) is 5.26 Å². The van der Waals surface area contributed by atoms with E-state index in [1.54, 1.807) is 0 Å². The number of nitrogens with zero attached hydrogens (tertiary/aromatic N) is 2. The average Bonchev–Trinajstić information content (AvgIpc) is 3.19. The van der Waals surface area contributed by atoms with Gasteiger partial charge in [-0.15, -0.1) is 0 Å². The van der Waals surface area contributed by atoms with Crippen molar-refractivity contribution >= 4 is 5.91 Å². The minimum absolute atomic E-state index is 0.0203. The van der Waals surface area contributed by atoms with Crippen molar-refractivity contribution in [2.45, 2.75) is 57.2 Å². The van der Waals surface area contributed by atoms with E-state index < -0.39 is 0 Å². The number of carbonyl (C=O) groups excluding carboxylic acids is 1. The van der Waals surface area contributed by atoms with Crippen LogP contribution in [-0.4, -0.2) is 42.0 Å². The number of likely N-dealkylation sites (tertiary alicyclic amines) is 1. The molecule has 106 valence electrons. The second-order valence-electron chi connectivity index (χ2n) is 5.93. The van der Waals surface area contributed by atoms with Crippen LogP contribution in [0, 0.1) is 17.2 Å². The third-order valence-corrected chi connectivity index (χ3v) is 4.29. The van der Waals surface area contributed by atoms with Crippen LogP contribution in [-0.2, 0) is 4.79 Å². The quantitative estimate of drug-likeness (QED) is 0.736. The Hall–Kier alpha value is -1.12. The van der Waals surface area contributed by atoms with Crippen LogP contribution in [0.1, 0.15) is 39.0 Å². The maximum atomic E-state index is 11.3. The number of primary amides is 1. The highest BCUT2D eigenvalue weighted by molar-refractivity contribution is 5.76. The number of nitrogens with one attached hydrogen (secondary N) is 1. The van der Waals surface area contributed by atoms with Gasteiger partial charge >= 0.3 is 0 Å². The first kappa shape index (κ1) is 14.3. The molecule has 1 heterocycles. The Bertz CT molecular complexity index is 361. The maximum absolute atomic E-state index is 11.3. The summed E-state index contributed by atoms with van der Waals surface area (Å²) in [5.41, 5.74) is 5.40. The van der Waals surface area contributed by atoms with E-state index in [9.17, 15) is 4.79 Å². The molecule has 0 aromatic heterocycles. The predicted octanol–water partition coefficient (Wildman–Crippen LogP) is 0.606. The molecule has 2 rings (SSSR count). The smallest absolute Gasteiger partial charge is 0.221 e. The highest BCUT2D eigenvalue weighted by atomic mass is 16.1. The fourth-order valence-electron chi connectivity index (χ4n) is 2.74. The molecule has 3 atom stereocenters. The molecule has 1 amide bonds. The van der Waals surface area contributed by atoms with Crippen molar-refractivity contribution < 1.29 is 4.79 Å². The summed E-state index contributed by atoms with van der Waals surface area (Å²) in [6.07, 6.45) is 5.13. The average molecular weight is 264 g/mol. The van der Waals surface area contributed by atoms with Crippen LogP contribution in [0.4, 0.5) is 0 Å². The second kappa shape index (κ2) is 6.36. The number of piperidine rings is 1. The second-order valence-corrected chi connectivity index (χ2v) is 5.93. The largest absolute Gasteiger partial charge is 0.369 e. The van der Waals surface area contributed by atoms with E-state index in [0.717, 1.165) is 32.4 Å². The molecule has 3 N–H and O–H groups in total. The summed E-state index contributed by atoms with van der Waals surface area (Å²) in [4.78, 5) is 13.6. The van der Waals surface area contributed by atoms with E-state index in [0.29, 0.717) is 12.1 Å². The number of amides is 1. The van der Waals surface area contributed by atoms with Crippen molar-refractivity contribution in [3.05, 3.63) is 0 Å². The Balaban J connectivity index is 1.79. The minimum Gasteiger partial charge on any atom is -0.369 e. The fraction of sp³-hybridized carbons (Fsp3) is 0.857. The number of hydrogen-bond acceptors (Lipinski definition) is 4. The van der Waals surface area contributed by atoms with Gasteiger partial charge in [-0.3, -0.25) is 15.0 Å². The van der Waals surface area contributed by atoms with Crippen LogP contribution < -0.4 is 11.1 Å². The van der Waals surface area contributed by atoms with Crippen LogP contribution in [0.5, 0.6) is 0 Å². The fourth-order valence-corrected chi connectivity index (χ4v) is 2.74. The lowest BCUT2D eigenvalue weighted by Gasteiger charge is -2.37. The normalized spacial score (nSPS) is 29.7. The first-order chi connectivity index (χ1) is 9.10. The molecule has 0 radical (unpaired) electrons. The standard InChI is InChI=1S/C14H24N4O/c1-10-2-3-11(14(16)19)9-18(10)7-6-13(8-15)17-12-4-5-12/h10-13,17H,2-7,9H2,1H3,(H2,16,19). The van der Waals surface area contributed by atoms with Crippen LogP contribution in [0.15, 0.2) is 0 Å². The molecule has 2 fully saturated rings. The van der Waals surface area contributed by atoms with Gasteiger partial charge in [0.25, 0.3) is 0 Å². The van der Waals surface area contributed by atoms with E-state index in [4.69, 9.17) is 11.0 Å². The molecular weight excluding hydrogens is 240 g/mol. The molecule has 0 aromatic carbocycles. The molecule has 1 aliphatic heterocycles. The van der Waals surface area contributed by atoms with Crippen molar-refractivity contribution in [1.82, 2.24) is 10.2 Å².